The van der Waals surface area contributed by atoms with E-state index in [1.165, 1.54) is 0 Å². The molecule has 1 aromatic carbocycles. The van der Waals surface area contributed by atoms with Gasteiger partial charge in [0.1, 0.15) is 12.1 Å². The monoisotopic (exact) mass is 384 g/mol. The highest BCUT2D eigenvalue weighted by atomic mass is 16.2. The first kappa shape index (κ1) is 21.4. The van der Waals surface area contributed by atoms with E-state index in [0.29, 0.717) is 17.0 Å². The summed E-state index contributed by atoms with van der Waals surface area (Å²) in [7, 11) is 0. The first-order chi connectivity index (χ1) is 13.2. The van der Waals surface area contributed by atoms with E-state index in [1.54, 1.807) is 31.2 Å². The fourth-order valence-electron chi connectivity index (χ4n) is 3.30. The molecule has 1 heterocycles. The van der Waals surface area contributed by atoms with Gasteiger partial charge in [0.2, 0.25) is 5.91 Å². The summed E-state index contributed by atoms with van der Waals surface area (Å²) < 4.78 is 0. The van der Waals surface area contributed by atoms with Gasteiger partial charge in [-0.1, -0.05) is 38.8 Å². The Balaban J connectivity index is 2.01. The lowest BCUT2D eigenvalue weighted by molar-refractivity contribution is -0.135. The number of imide groups is 1. The maximum absolute atomic E-state index is 12.9. The van der Waals surface area contributed by atoms with Crippen LogP contribution in [-0.4, -0.2) is 35.3 Å². The molecule has 4 amide bonds. The highest BCUT2D eigenvalue weighted by molar-refractivity contribution is 6.09. The van der Waals surface area contributed by atoms with Gasteiger partial charge in [-0.25, -0.2) is 4.79 Å². The standard InChI is InChI=1S/C21H28N4O3/c1-14(2)7-5-8-15(3)23-18(26)13-25-19(27)21(4,24-20(25)28)17-10-6-9-16(11-17)12-22/h6,9-11,14-15H,5,7-8,13H2,1-4H3,(H,23,26)(H,24,28). The largest absolute Gasteiger partial charge is 0.352 e. The minimum atomic E-state index is -1.30. The van der Waals surface area contributed by atoms with Gasteiger partial charge in [-0.3, -0.25) is 14.5 Å². The van der Waals surface area contributed by atoms with E-state index < -0.39 is 17.5 Å². The Morgan fingerprint density at radius 1 is 1.29 bits per heavy atom. The number of nitriles is 1. The first-order valence-electron chi connectivity index (χ1n) is 9.61. The molecule has 1 aliphatic heterocycles. The van der Waals surface area contributed by atoms with Crippen LogP contribution in [0.25, 0.3) is 0 Å². The normalized spacial score (nSPS) is 20.1. The molecule has 28 heavy (non-hydrogen) atoms. The van der Waals surface area contributed by atoms with Crippen molar-refractivity contribution in [2.45, 2.75) is 58.5 Å². The Morgan fingerprint density at radius 2 is 2.00 bits per heavy atom. The molecule has 0 radical (unpaired) electrons. The molecule has 1 aromatic rings. The third-order valence-electron chi connectivity index (χ3n) is 4.97. The van der Waals surface area contributed by atoms with E-state index in [1.807, 2.05) is 13.0 Å². The lowest BCUT2D eigenvalue weighted by Crippen LogP contribution is -2.45. The average Bonchev–Trinajstić information content (AvgIpc) is 2.85. The molecule has 1 aliphatic rings. The lowest BCUT2D eigenvalue weighted by Gasteiger charge is -2.22. The van der Waals surface area contributed by atoms with Crippen molar-refractivity contribution < 1.29 is 14.4 Å². The molecule has 0 bridgehead atoms. The van der Waals surface area contributed by atoms with E-state index in [2.05, 4.69) is 24.5 Å². The zero-order valence-corrected chi connectivity index (χ0v) is 16.9. The number of hydrogen-bond acceptors (Lipinski definition) is 4. The van der Waals surface area contributed by atoms with Gasteiger partial charge in [0, 0.05) is 6.04 Å². The number of nitrogens with one attached hydrogen (secondary N) is 2. The van der Waals surface area contributed by atoms with Crippen LogP contribution in [0.2, 0.25) is 0 Å². The van der Waals surface area contributed by atoms with Gasteiger partial charge in [0.15, 0.2) is 0 Å². The van der Waals surface area contributed by atoms with Crippen LogP contribution in [0.15, 0.2) is 24.3 Å². The summed E-state index contributed by atoms with van der Waals surface area (Å²) in [5, 5.41) is 14.6. The van der Waals surface area contributed by atoms with Crippen molar-refractivity contribution in [3.8, 4) is 6.07 Å². The third kappa shape index (κ3) is 4.89. The third-order valence-corrected chi connectivity index (χ3v) is 4.97. The molecule has 2 atom stereocenters. The summed E-state index contributed by atoms with van der Waals surface area (Å²) in [5.41, 5.74) is -0.394. The second-order valence-electron chi connectivity index (χ2n) is 7.93. The fourth-order valence-corrected chi connectivity index (χ4v) is 3.30. The van der Waals surface area contributed by atoms with Crippen molar-refractivity contribution >= 4 is 17.8 Å². The molecule has 0 aliphatic carbocycles. The van der Waals surface area contributed by atoms with Gasteiger partial charge in [-0.05, 0) is 43.9 Å². The Labute approximate surface area is 166 Å². The quantitative estimate of drug-likeness (QED) is 0.673. The van der Waals surface area contributed by atoms with Crippen LogP contribution in [0.5, 0.6) is 0 Å². The van der Waals surface area contributed by atoms with Gasteiger partial charge >= 0.3 is 6.03 Å². The Bertz CT molecular complexity index is 799. The number of amides is 4. The van der Waals surface area contributed by atoms with Gasteiger partial charge < -0.3 is 10.6 Å². The lowest BCUT2D eigenvalue weighted by atomic mass is 9.91. The molecule has 0 spiro atoms. The molecular formula is C21H28N4O3. The van der Waals surface area contributed by atoms with Crippen molar-refractivity contribution in [2.75, 3.05) is 6.54 Å². The van der Waals surface area contributed by atoms with Crippen LogP contribution in [0.4, 0.5) is 4.79 Å². The van der Waals surface area contributed by atoms with E-state index in [9.17, 15) is 14.4 Å². The summed E-state index contributed by atoms with van der Waals surface area (Å²) in [5.74, 6) is -0.253. The highest BCUT2D eigenvalue weighted by Crippen LogP contribution is 2.29. The molecular weight excluding hydrogens is 356 g/mol. The van der Waals surface area contributed by atoms with E-state index >= 15 is 0 Å². The number of urea groups is 1. The van der Waals surface area contributed by atoms with E-state index in [0.717, 1.165) is 24.2 Å². The summed E-state index contributed by atoms with van der Waals surface area (Å²) in [6.45, 7) is 7.48. The molecule has 150 valence electrons. The molecule has 0 saturated carbocycles. The van der Waals surface area contributed by atoms with Gasteiger partial charge in [0.05, 0.1) is 11.6 Å². The summed E-state index contributed by atoms with van der Waals surface area (Å²) in [4.78, 5) is 38.5. The number of carbonyl (C=O) groups is 3. The predicted molar refractivity (Wildman–Crippen MR) is 105 cm³/mol. The Morgan fingerprint density at radius 3 is 2.64 bits per heavy atom. The molecule has 2 rings (SSSR count). The van der Waals surface area contributed by atoms with Crippen LogP contribution in [-0.2, 0) is 15.1 Å². The molecule has 1 saturated heterocycles. The minimum absolute atomic E-state index is 0.0225. The van der Waals surface area contributed by atoms with Crippen LogP contribution in [0.1, 0.15) is 58.1 Å². The topological polar surface area (TPSA) is 102 Å². The molecule has 7 nitrogen and oxygen atoms in total. The zero-order valence-electron chi connectivity index (χ0n) is 16.9. The van der Waals surface area contributed by atoms with Gasteiger partial charge in [-0.15, -0.1) is 0 Å². The number of nitrogens with zero attached hydrogens (tertiary/aromatic N) is 2. The maximum atomic E-state index is 12.9. The van der Waals surface area contributed by atoms with Gasteiger partial charge in [0.25, 0.3) is 5.91 Å². The molecule has 2 N–H and O–H groups in total. The van der Waals surface area contributed by atoms with E-state index in [-0.39, 0.29) is 18.5 Å². The van der Waals surface area contributed by atoms with Gasteiger partial charge in [-0.2, -0.15) is 5.26 Å². The smallest absolute Gasteiger partial charge is 0.325 e. The molecule has 7 heteroatoms. The minimum Gasteiger partial charge on any atom is -0.352 e. The summed E-state index contributed by atoms with van der Waals surface area (Å²) >= 11 is 0. The average molecular weight is 384 g/mol. The number of hydrogen-bond donors (Lipinski definition) is 2. The number of benzene rings is 1. The number of carbonyl (C=O) groups excluding carboxylic acids is 3. The van der Waals surface area contributed by atoms with Crippen LogP contribution in [0, 0.1) is 17.2 Å². The van der Waals surface area contributed by atoms with Crippen molar-refractivity contribution in [3.63, 3.8) is 0 Å². The van der Waals surface area contributed by atoms with Crippen molar-refractivity contribution in [1.82, 2.24) is 15.5 Å². The summed E-state index contributed by atoms with van der Waals surface area (Å²) in [6, 6.07) is 7.92. The maximum Gasteiger partial charge on any atom is 0.325 e. The van der Waals surface area contributed by atoms with Crippen molar-refractivity contribution in [2.24, 2.45) is 5.92 Å². The highest BCUT2D eigenvalue weighted by Gasteiger charge is 2.49. The van der Waals surface area contributed by atoms with Crippen molar-refractivity contribution in [1.29, 1.82) is 5.26 Å². The zero-order chi connectivity index (χ0) is 20.9. The SMILES string of the molecule is CC(C)CCCC(C)NC(=O)CN1C(=O)NC(C)(c2cccc(C#N)c2)C1=O. The fraction of sp³-hybridized carbons (Fsp3) is 0.524. The van der Waals surface area contributed by atoms with Crippen LogP contribution >= 0.6 is 0 Å². The Hall–Kier alpha value is -2.88. The number of rotatable bonds is 8. The van der Waals surface area contributed by atoms with Crippen LogP contribution in [0.3, 0.4) is 0 Å². The van der Waals surface area contributed by atoms with E-state index in [4.69, 9.17) is 5.26 Å². The van der Waals surface area contributed by atoms with Crippen LogP contribution < -0.4 is 10.6 Å². The Kier molecular flexibility index (Phi) is 6.79. The first-order valence-corrected chi connectivity index (χ1v) is 9.61. The second kappa shape index (κ2) is 8.87. The molecule has 0 aromatic heterocycles. The second-order valence-corrected chi connectivity index (χ2v) is 7.93. The van der Waals surface area contributed by atoms with Crippen molar-refractivity contribution in [3.05, 3.63) is 35.4 Å². The summed E-state index contributed by atoms with van der Waals surface area (Å²) in [6.07, 6.45) is 2.95. The molecule has 2 unspecified atom stereocenters. The predicted octanol–water partition coefficient (Wildman–Crippen LogP) is 2.66. The molecule has 1 fully saturated rings.